The third kappa shape index (κ3) is 2.05. The molecule has 3 nitrogen and oxygen atoms in total. The Morgan fingerprint density at radius 3 is 2.89 bits per heavy atom. The smallest absolute Gasteiger partial charge is 0.130 e. The molecule has 0 aromatic carbocycles. The summed E-state index contributed by atoms with van der Waals surface area (Å²) in [5.74, 6) is 1.60. The van der Waals surface area contributed by atoms with E-state index in [4.69, 9.17) is 5.73 Å². The topological polar surface area (TPSA) is 43.8 Å². The fourth-order valence-electron chi connectivity index (χ4n) is 2.91. The molecule has 2 N–H and O–H groups in total. The molecule has 0 saturated heterocycles. The van der Waals surface area contributed by atoms with Crippen molar-refractivity contribution in [3.63, 3.8) is 0 Å². The standard InChI is InChI=1S/C14H19N3S/c1-17-14(15)13(12-7-4-8-18-12)11(16-17)9-10-5-2-3-6-10/h4,7-8,10H,2-3,5-6,9,15H2,1H3. The predicted octanol–water partition coefficient (Wildman–Crippen LogP) is 3.46. The maximum absolute atomic E-state index is 6.18. The van der Waals surface area contributed by atoms with Gasteiger partial charge in [-0.2, -0.15) is 5.10 Å². The van der Waals surface area contributed by atoms with Crippen molar-refractivity contribution in [2.45, 2.75) is 32.1 Å². The van der Waals surface area contributed by atoms with Crippen LogP contribution in [0.1, 0.15) is 31.4 Å². The summed E-state index contributed by atoms with van der Waals surface area (Å²) in [5.41, 5.74) is 8.53. The third-order valence-electron chi connectivity index (χ3n) is 3.89. The lowest BCUT2D eigenvalue weighted by Gasteiger charge is -2.07. The monoisotopic (exact) mass is 261 g/mol. The van der Waals surface area contributed by atoms with Crippen LogP contribution in [0, 0.1) is 5.92 Å². The lowest BCUT2D eigenvalue weighted by atomic mass is 9.99. The second-order valence-corrected chi connectivity index (χ2v) is 6.11. The fraction of sp³-hybridized carbons (Fsp3) is 0.500. The number of nitrogen functional groups attached to an aromatic ring is 1. The number of hydrogen-bond donors (Lipinski definition) is 1. The third-order valence-corrected chi connectivity index (χ3v) is 4.78. The van der Waals surface area contributed by atoms with Gasteiger partial charge in [0.1, 0.15) is 5.82 Å². The molecule has 3 rings (SSSR count). The van der Waals surface area contributed by atoms with Crippen molar-refractivity contribution in [3.05, 3.63) is 23.2 Å². The normalized spacial score (nSPS) is 16.5. The molecule has 1 aliphatic carbocycles. The molecule has 2 aromatic heterocycles. The average molecular weight is 261 g/mol. The summed E-state index contributed by atoms with van der Waals surface area (Å²) < 4.78 is 1.82. The number of thiophene rings is 1. The van der Waals surface area contributed by atoms with Crippen LogP contribution in [-0.2, 0) is 13.5 Å². The average Bonchev–Trinajstić information content (AvgIpc) is 3.04. The van der Waals surface area contributed by atoms with E-state index in [1.807, 2.05) is 11.7 Å². The van der Waals surface area contributed by atoms with Crippen molar-refractivity contribution in [3.8, 4) is 10.4 Å². The van der Waals surface area contributed by atoms with E-state index >= 15 is 0 Å². The maximum atomic E-state index is 6.18. The zero-order valence-electron chi connectivity index (χ0n) is 10.7. The molecule has 1 fully saturated rings. The quantitative estimate of drug-likeness (QED) is 0.919. The van der Waals surface area contributed by atoms with Crippen molar-refractivity contribution in [1.82, 2.24) is 9.78 Å². The number of anilines is 1. The molecule has 0 aliphatic heterocycles. The summed E-state index contributed by atoms with van der Waals surface area (Å²) in [6.07, 6.45) is 6.53. The minimum absolute atomic E-state index is 0.797. The van der Waals surface area contributed by atoms with Gasteiger partial charge in [-0.1, -0.05) is 31.7 Å². The highest BCUT2D eigenvalue weighted by Crippen LogP contribution is 2.36. The van der Waals surface area contributed by atoms with E-state index in [1.54, 1.807) is 11.3 Å². The van der Waals surface area contributed by atoms with E-state index in [1.165, 1.54) is 41.8 Å². The van der Waals surface area contributed by atoms with Gasteiger partial charge in [0.2, 0.25) is 0 Å². The molecule has 96 valence electrons. The van der Waals surface area contributed by atoms with Gasteiger partial charge in [0.15, 0.2) is 0 Å². The number of hydrogen-bond acceptors (Lipinski definition) is 3. The van der Waals surface area contributed by atoms with Crippen LogP contribution in [0.25, 0.3) is 10.4 Å². The van der Waals surface area contributed by atoms with Gasteiger partial charge in [-0.05, 0) is 23.8 Å². The first kappa shape index (κ1) is 11.8. The van der Waals surface area contributed by atoms with Crippen LogP contribution in [0.2, 0.25) is 0 Å². The molecule has 0 bridgehead atoms. The van der Waals surface area contributed by atoms with Crippen LogP contribution < -0.4 is 5.73 Å². The summed E-state index contributed by atoms with van der Waals surface area (Å²) in [6.45, 7) is 0. The molecule has 0 amide bonds. The van der Waals surface area contributed by atoms with Crippen molar-refractivity contribution in [1.29, 1.82) is 0 Å². The lowest BCUT2D eigenvalue weighted by Crippen LogP contribution is -2.01. The van der Waals surface area contributed by atoms with Crippen LogP contribution >= 0.6 is 11.3 Å². The van der Waals surface area contributed by atoms with Crippen molar-refractivity contribution < 1.29 is 0 Å². The lowest BCUT2D eigenvalue weighted by molar-refractivity contribution is 0.534. The molecule has 0 spiro atoms. The minimum atomic E-state index is 0.797. The Balaban J connectivity index is 1.95. The molecule has 2 heterocycles. The van der Waals surface area contributed by atoms with Gasteiger partial charge < -0.3 is 5.73 Å². The summed E-state index contributed by atoms with van der Waals surface area (Å²) in [4.78, 5) is 1.24. The molecule has 0 atom stereocenters. The Kier molecular flexibility index (Phi) is 3.12. The van der Waals surface area contributed by atoms with Crippen molar-refractivity contribution in [2.75, 3.05) is 5.73 Å². The van der Waals surface area contributed by atoms with E-state index < -0.39 is 0 Å². The Hall–Kier alpha value is -1.29. The van der Waals surface area contributed by atoms with Crippen LogP contribution in [0.4, 0.5) is 5.82 Å². The SMILES string of the molecule is Cn1nc(CC2CCCC2)c(-c2cccs2)c1N. The molecule has 1 saturated carbocycles. The first-order valence-corrected chi connectivity index (χ1v) is 7.49. The van der Waals surface area contributed by atoms with E-state index in [0.717, 1.165) is 18.2 Å². The highest BCUT2D eigenvalue weighted by Gasteiger charge is 2.22. The van der Waals surface area contributed by atoms with E-state index in [9.17, 15) is 0 Å². The number of nitrogens with zero attached hydrogens (tertiary/aromatic N) is 2. The van der Waals surface area contributed by atoms with Gasteiger partial charge in [0.25, 0.3) is 0 Å². The highest BCUT2D eigenvalue weighted by molar-refractivity contribution is 7.13. The Morgan fingerprint density at radius 2 is 2.22 bits per heavy atom. The number of aromatic nitrogens is 2. The molecule has 0 unspecified atom stereocenters. The molecule has 4 heteroatoms. The molecule has 2 aromatic rings. The largest absolute Gasteiger partial charge is 0.383 e. The Morgan fingerprint density at radius 1 is 1.44 bits per heavy atom. The number of rotatable bonds is 3. The highest BCUT2D eigenvalue weighted by atomic mass is 32.1. The van der Waals surface area contributed by atoms with Crippen molar-refractivity contribution in [2.24, 2.45) is 13.0 Å². The summed E-state index contributed by atoms with van der Waals surface area (Å²) >= 11 is 1.74. The van der Waals surface area contributed by atoms with E-state index in [2.05, 4.69) is 22.6 Å². The van der Waals surface area contributed by atoms with Gasteiger partial charge in [0, 0.05) is 11.9 Å². The number of aryl methyl sites for hydroxylation is 1. The van der Waals surface area contributed by atoms with Gasteiger partial charge >= 0.3 is 0 Å². The molecule has 0 radical (unpaired) electrons. The Labute approximate surface area is 112 Å². The van der Waals surface area contributed by atoms with Gasteiger partial charge in [-0.15, -0.1) is 11.3 Å². The van der Waals surface area contributed by atoms with E-state index in [-0.39, 0.29) is 0 Å². The first-order valence-electron chi connectivity index (χ1n) is 6.61. The first-order chi connectivity index (χ1) is 8.75. The second-order valence-electron chi connectivity index (χ2n) is 5.16. The van der Waals surface area contributed by atoms with Crippen LogP contribution in [0.5, 0.6) is 0 Å². The predicted molar refractivity (Wildman–Crippen MR) is 76.6 cm³/mol. The zero-order chi connectivity index (χ0) is 12.5. The van der Waals surface area contributed by atoms with Gasteiger partial charge in [0.05, 0.1) is 11.3 Å². The van der Waals surface area contributed by atoms with Gasteiger partial charge in [-0.3, -0.25) is 4.68 Å². The fourth-order valence-corrected chi connectivity index (χ4v) is 3.72. The zero-order valence-corrected chi connectivity index (χ0v) is 11.5. The minimum Gasteiger partial charge on any atom is -0.383 e. The van der Waals surface area contributed by atoms with Crippen LogP contribution in [0.15, 0.2) is 17.5 Å². The van der Waals surface area contributed by atoms with Crippen LogP contribution in [0.3, 0.4) is 0 Å². The van der Waals surface area contributed by atoms with Crippen LogP contribution in [-0.4, -0.2) is 9.78 Å². The van der Waals surface area contributed by atoms with Gasteiger partial charge in [-0.25, -0.2) is 0 Å². The van der Waals surface area contributed by atoms with Crippen molar-refractivity contribution >= 4 is 17.2 Å². The summed E-state index contributed by atoms with van der Waals surface area (Å²) in [7, 11) is 1.94. The molecule has 18 heavy (non-hydrogen) atoms. The summed E-state index contributed by atoms with van der Waals surface area (Å²) in [6, 6.07) is 4.21. The second kappa shape index (κ2) is 4.76. The Bertz CT molecular complexity index is 521. The molecular formula is C14H19N3S. The summed E-state index contributed by atoms with van der Waals surface area (Å²) in [5, 5.41) is 6.73. The van der Waals surface area contributed by atoms with E-state index in [0.29, 0.717) is 0 Å². The molecule has 1 aliphatic rings. The molecular weight excluding hydrogens is 242 g/mol. The maximum Gasteiger partial charge on any atom is 0.130 e. The number of nitrogens with two attached hydrogens (primary N) is 1.